The zero-order chi connectivity index (χ0) is 32.9. The molecule has 0 atom stereocenters. The average molecular weight is 672 g/mol. The topological polar surface area (TPSA) is 75.4 Å². The Morgan fingerprint density at radius 1 is 0.489 bits per heavy atom. The lowest BCUT2D eigenvalue weighted by molar-refractivity contribution is -0.128. The maximum atomic E-state index is 13.1. The van der Waals surface area contributed by atoms with Crippen molar-refractivity contribution < 1.29 is 9.59 Å². The lowest BCUT2D eigenvalue weighted by Crippen LogP contribution is -2.34. The van der Waals surface area contributed by atoms with Crippen LogP contribution < -0.4 is 11.1 Å². The molecule has 5 nitrogen and oxygen atoms in total. The van der Waals surface area contributed by atoms with Gasteiger partial charge >= 0.3 is 0 Å². The van der Waals surface area contributed by atoms with Gasteiger partial charge in [-0.15, -0.1) is 0 Å². The molecular weight excluding hydrogens is 595 g/mol. The normalized spacial score (nSPS) is 11.3. The smallest absolute Gasteiger partial charge is 0.233 e. The van der Waals surface area contributed by atoms with E-state index in [2.05, 4.69) is 24.1 Å². The summed E-state index contributed by atoms with van der Waals surface area (Å²) < 4.78 is 0. The van der Waals surface area contributed by atoms with Crippen LogP contribution in [-0.4, -0.2) is 54.4 Å². The summed E-state index contributed by atoms with van der Waals surface area (Å²) in [5, 5.41) is 2.79. The Labute approximate surface area is 289 Å². The molecule has 0 aromatic rings. The van der Waals surface area contributed by atoms with Gasteiger partial charge in [0.2, 0.25) is 11.8 Å². The number of hydrogen-bond acceptors (Lipinski definition) is 5. The SMILES string of the molecule is CCCCCCCCCCCCCCCCN(CCCCCCCCCCCCCCCC)C(=O)CSSCC(=O)NCCN. The first-order valence-electron chi connectivity index (χ1n) is 19.6. The molecule has 0 fully saturated rings. The standard InChI is InChI=1S/C38H77N3O2S2/c1-3-5-7-9-11-13-15-17-19-21-23-25-27-29-33-41(38(43)36-45-44-35-37(42)40-32-31-39)34-30-28-26-24-22-20-18-16-14-12-10-8-6-4-2/h3-36,39H2,1-2H3,(H,40,42). The zero-order valence-electron chi connectivity index (χ0n) is 30.2. The van der Waals surface area contributed by atoms with Gasteiger partial charge < -0.3 is 16.0 Å². The molecule has 0 radical (unpaired) electrons. The van der Waals surface area contributed by atoms with Crippen molar-refractivity contribution in [3.63, 3.8) is 0 Å². The Morgan fingerprint density at radius 2 is 0.800 bits per heavy atom. The third kappa shape index (κ3) is 34.7. The van der Waals surface area contributed by atoms with E-state index in [1.54, 1.807) is 0 Å². The molecule has 0 saturated heterocycles. The van der Waals surface area contributed by atoms with Gasteiger partial charge in [-0.05, 0) is 12.8 Å². The third-order valence-electron chi connectivity index (χ3n) is 8.84. The quantitative estimate of drug-likeness (QED) is 0.0508. The summed E-state index contributed by atoms with van der Waals surface area (Å²) in [6, 6.07) is 0. The second-order valence-electron chi connectivity index (χ2n) is 13.2. The molecule has 0 rings (SSSR count). The predicted octanol–water partition coefficient (Wildman–Crippen LogP) is 11.2. The number of nitrogens with two attached hydrogens (primary N) is 1. The van der Waals surface area contributed by atoms with Crippen molar-refractivity contribution in [2.75, 3.05) is 37.7 Å². The molecule has 2 amide bonds. The van der Waals surface area contributed by atoms with E-state index in [1.807, 2.05) is 0 Å². The second-order valence-corrected chi connectivity index (χ2v) is 15.7. The fraction of sp³-hybridized carbons (Fsp3) is 0.947. The van der Waals surface area contributed by atoms with E-state index in [4.69, 9.17) is 5.73 Å². The van der Waals surface area contributed by atoms with Gasteiger partial charge in [0.1, 0.15) is 0 Å². The highest BCUT2D eigenvalue weighted by atomic mass is 33.1. The molecular formula is C38H77N3O2S2. The Balaban J connectivity index is 4.07. The second kappa shape index (κ2) is 38.1. The molecule has 268 valence electrons. The fourth-order valence-corrected chi connectivity index (χ4v) is 7.68. The number of unbranched alkanes of at least 4 members (excludes halogenated alkanes) is 26. The van der Waals surface area contributed by atoms with E-state index in [9.17, 15) is 9.59 Å². The zero-order valence-corrected chi connectivity index (χ0v) is 31.8. The lowest BCUT2D eigenvalue weighted by atomic mass is 10.0. The minimum absolute atomic E-state index is 0.00734. The van der Waals surface area contributed by atoms with Crippen LogP contribution in [0, 0.1) is 0 Å². The molecule has 45 heavy (non-hydrogen) atoms. The molecule has 0 aromatic heterocycles. The van der Waals surface area contributed by atoms with Crippen molar-refractivity contribution in [2.24, 2.45) is 5.73 Å². The molecule has 0 aromatic carbocycles. The van der Waals surface area contributed by atoms with E-state index >= 15 is 0 Å². The van der Waals surface area contributed by atoms with Gasteiger partial charge in [0, 0.05) is 26.2 Å². The summed E-state index contributed by atoms with van der Waals surface area (Å²) >= 11 is 0. The first-order valence-corrected chi connectivity index (χ1v) is 22.1. The summed E-state index contributed by atoms with van der Waals surface area (Å²) in [6.45, 7) is 7.31. The van der Waals surface area contributed by atoms with Gasteiger partial charge in [0.15, 0.2) is 0 Å². The predicted molar refractivity (Wildman–Crippen MR) is 204 cm³/mol. The van der Waals surface area contributed by atoms with Gasteiger partial charge in [-0.1, -0.05) is 202 Å². The highest BCUT2D eigenvalue weighted by molar-refractivity contribution is 8.77. The maximum absolute atomic E-state index is 13.1. The van der Waals surface area contributed by atoms with Crippen LogP contribution in [0.15, 0.2) is 0 Å². The summed E-state index contributed by atoms with van der Waals surface area (Å²) in [4.78, 5) is 27.0. The number of rotatable bonds is 37. The molecule has 3 N–H and O–H groups in total. The summed E-state index contributed by atoms with van der Waals surface area (Å²) in [6.07, 6.45) is 37.9. The van der Waals surface area contributed by atoms with Crippen LogP contribution in [-0.2, 0) is 9.59 Å². The van der Waals surface area contributed by atoms with Crippen molar-refractivity contribution in [3.8, 4) is 0 Å². The number of carbonyl (C=O) groups is 2. The van der Waals surface area contributed by atoms with E-state index in [0.29, 0.717) is 24.6 Å². The van der Waals surface area contributed by atoms with Gasteiger partial charge in [-0.25, -0.2) is 0 Å². The van der Waals surface area contributed by atoms with Crippen LogP contribution in [0.4, 0.5) is 0 Å². The number of nitrogens with zero attached hydrogens (tertiary/aromatic N) is 1. The molecule has 0 aliphatic rings. The largest absolute Gasteiger partial charge is 0.354 e. The van der Waals surface area contributed by atoms with Gasteiger partial charge in [0.25, 0.3) is 0 Å². The fourth-order valence-electron chi connectivity index (χ4n) is 5.90. The molecule has 7 heteroatoms. The molecule has 0 aliphatic carbocycles. The Hall–Kier alpha value is -0.400. The molecule has 0 unspecified atom stereocenters. The number of hydrogen-bond donors (Lipinski definition) is 2. The van der Waals surface area contributed by atoms with Crippen molar-refractivity contribution >= 4 is 33.4 Å². The van der Waals surface area contributed by atoms with Crippen LogP contribution in [0.1, 0.15) is 194 Å². The van der Waals surface area contributed by atoms with Crippen molar-refractivity contribution in [1.29, 1.82) is 0 Å². The van der Waals surface area contributed by atoms with Crippen molar-refractivity contribution in [1.82, 2.24) is 10.2 Å². The highest BCUT2D eigenvalue weighted by Crippen LogP contribution is 2.22. The molecule has 0 saturated carbocycles. The van der Waals surface area contributed by atoms with E-state index in [0.717, 1.165) is 25.9 Å². The molecule has 0 bridgehead atoms. The van der Waals surface area contributed by atoms with E-state index < -0.39 is 0 Å². The maximum Gasteiger partial charge on any atom is 0.233 e. The number of carbonyl (C=O) groups excluding carboxylic acids is 2. The minimum atomic E-state index is -0.00734. The Bertz CT molecular complexity index is 592. The average Bonchev–Trinajstić information content (AvgIpc) is 3.04. The van der Waals surface area contributed by atoms with E-state index in [1.165, 1.54) is 189 Å². The third-order valence-corrected chi connectivity index (χ3v) is 11.0. The van der Waals surface area contributed by atoms with Crippen molar-refractivity contribution in [3.05, 3.63) is 0 Å². The van der Waals surface area contributed by atoms with Gasteiger partial charge in [0.05, 0.1) is 11.5 Å². The van der Waals surface area contributed by atoms with Crippen LogP contribution in [0.3, 0.4) is 0 Å². The van der Waals surface area contributed by atoms with Crippen LogP contribution in [0.5, 0.6) is 0 Å². The molecule has 0 spiro atoms. The number of amides is 2. The Kier molecular flexibility index (Phi) is 37.7. The van der Waals surface area contributed by atoms with Gasteiger partial charge in [-0.2, -0.15) is 0 Å². The minimum Gasteiger partial charge on any atom is -0.354 e. The van der Waals surface area contributed by atoms with Crippen LogP contribution >= 0.6 is 21.6 Å². The molecule has 0 aliphatic heterocycles. The lowest BCUT2D eigenvalue weighted by Gasteiger charge is -2.22. The first-order chi connectivity index (χ1) is 22.2. The monoisotopic (exact) mass is 672 g/mol. The van der Waals surface area contributed by atoms with Crippen LogP contribution in [0.2, 0.25) is 0 Å². The Morgan fingerprint density at radius 3 is 1.13 bits per heavy atom. The highest BCUT2D eigenvalue weighted by Gasteiger charge is 2.14. The summed E-state index contributed by atoms with van der Waals surface area (Å²) in [5.41, 5.74) is 5.45. The summed E-state index contributed by atoms with van der Waals surface area (Å²) in [7, 11) is 2.98. The molecule has 0 heterocycles. The van der Waals surface area contributed by atoms with Crippen molar-refractivity contribution in [2.45, 2.75) is 194 Å². The van der Waals surface area contributed by atoms with Crippen LogP contribution in [0.25, 0.3) is 0 Å². The van der Waals surface area contributed by atoms with Gasteiger partial charge in [-0.3, -0.25) is 9.59 Å². The first kappa shape index (κ1) is 44.6. The number of nitrogens with one attached hydrogen (secondary N) is 1. The summed E-state index contributed by atoms with van der Waals surface area (Å²) in [5.74, 6) is 1.05. The van der Waals surface area contributed by atoms with E-state index in [-0.39, 0.29) is 11.8 Å².